The van der Waals surface area contributed by atoms with E-state index in [1.807, 2.05) is 25.2 Å². The summed E-state index contributed by atoms with van der Waals surface area (Å²) in [5, 5.41) is 2.63. The number of fused-ring (bicyclic) bond motifs is 12. The van der Waals surface area contributed by atoms with Crippen molar-refractivity contribution in [1.29, 1.82) is 0 Å². The first kappa shape index (κ1) is 39.6. The summed E-state index contributed by atoms with van der Waals surface area (Å²) in [7, 11) is 0. The van der Waals surface area contributed by atoms with E-state index in [-0.39, 0.29) is 0 Å². The maximum atomic E-state index is 2.48. The predicted octanol–water partition coefficient (Wildman–Crippen LogP) is 18.0. The fourth-order valence-corrected chi connectivity index (χ4v) is 12.0. The highest BCUT2D eigenvalue weighted by atomic mass is 32.1. The van der Waals surface area contributed by atoms with Gasteiger partial charge in [0.25, 0.3) is 0 Å². The molecular weight excluding hydrogens is 817 g/mol. The number of thiophene rings is 1. The van der Waals surface area contributed by atoms with E-state index >= 15 is 0 Å². The van der Waals surface area contributed by atoms with E-state index in [1.54, 1.807) is 0 Å². The molecule has 1 aromatic heterocycles. The monoisotopic (exact) mass is 862 g/mol. The molecule has 3 heteroatoms. The minimum absolute atomic E-state index is 0.559. The van der Waals surface area contributed by atoms with Crippen molar-refractivity contribution in [2.45, 2.75) is 19.3 Å². The first-order chi connectivity index (χ1) is 32.8. The number of para-hydroxylation sites is 3. The Morgan fingerprint density at radius 3 is 1.56 bits per heavy atom. The van der Waals surface area contributed by atoms with Crippen LogP contribution in [0.3, 0.4) is 0 Å². The summed E-state index contributed by atoms with van der Waals surface area (Å²) >= 11 is 1.88. The van der Waals surface area contributed by atoms with Crippen molar-refractivity contribution < 1.29 is 0 Å². The quantitative estimate of drug-likeness (QED) is 0.164. The highest BCUT2D eigenvalue weighted by Crippen LogP contribution is 2.64. The lowest BCUT2D eigenvalue weighted by molar-refractivity contribution is 0.752. The third-order valence-corrected chi connectivity index (χ3v) is 14.7. The highest BCUT2D eigenvalue weighted by Gasteiger charge is 2.51. The normalized spacial score (nSPS) is 12.8. The lowest BCUT2D eigenvalue weighted by Crippen LogP contribution is -2.36. The van der Waals surface area contributed by atoms with Crippen LogP contribution in [0.5, 0.6) is 0 Å². The van der Waals surface area contributed by atoms with Gasteiger partial charge in [-0.3, -0.25) is 0 Å². The van der Waals surface area contributed by atoms with Crippen LogP contribution in [-0.2, 0) is 5.41 Å². The van der Waals surface area contributed by atoms with Gasteiger partial charge in [-0.2, -0.15) is 0 Å². The van der Waals surface area contributed by atoms with Crippen molar-refractivity contribution in [2.24, 2.45) is 0 Å². The molecule has 1 aliphatic heterocycles. The van der Waals surface area contributed by atoms with Crippen LogP contribution in [0, 0.1) is 0 Å². The van der Waals surface area contributed by atoms with Crippen LogP contribution in [0.15, 0.2) is 243 Å². The van der Waals surface area contributed by atoms with Gasteiger partial charge in [0.05, 0.1) is 16.8 Å². The van der Waals surface area contributed by atoms with E-state index in [0.717, 1.165) is 22.7 Å². The van der Waals surface area contributed by atoms with Gasteiger partial charge < -0.3 is 9.80 Å². The zero-order valence-corrected chi connectivity index (χ0v) is 37.7. The predicted molar refractivity (Wildman–Crippen MR) is 282 cm³/mol. The number of hydrogen-bond acceptors (Lipinski definition) is 3. The fourth-order valence-electron chi connectivity index (χ4n) is 10.7. The van der Waals surface area contributed by atoms with Crippen LogP contribution in [0.4, 0.5) is 34.1 Å². The molecule has 0 bridgehead atoms. The molecular formula is C63H46N2S. The van der Waals surface area contributed by atoms with Crippen molar-refractivity contribution in [3.63, 3.8) is 0 Å². The van der Waals surface area contributed by atoms with Gasteiger partial charge in [0, 0.05) is 42.9 Å². The molecule has 0 radical (unpaired) electrons. The first-order valence-corrected chi connectivity index (χ1v) is 23.8. The number of nitrogens with zero attached hydrogens (tertiary/aromatic N) is 2. The number of hydrogen-bond donors (Lipinski definition) is 0. The maximum Gasteiger partial charge on any atom is 0.0755 e. The number of rotatable bonds is 6. The molecule has 0 fully saturated rings. The van der Waals surface area contributed by atoms with Gasteiger partial charge in [0.1, 0.15) is 0 Å². The van der Waals surface area contributed by atoms with Gasteiger partial charge >= 0.3 is 0 Å². The van der Waals surface area contributed by atoms with E-state index in [2.05, 4.69) is 252 Å². The fraction of sp³-hybridized carbons (Fsp3) is 0.0476. The molecule has 2 nitrogen and oxygen atoms in total. The van der Waals surface area contributed by atoms with Crippen LogP contribution >= 0.6 is 11.3 Å². The summed E-state index contributed by atoms with van der Waals surface area (Å²) in [5.41, 5.74) is 18.9. The molecule has 0 unspecified atom stereocenters. The summed E-state index contributed by atoms with van der Waals surface area (Å²) in [6.45, 7) is 4.00. The maximum absolute atomic E-state index is 2.48. The van der Waals surface area contributed by atoms with Crippen molar-refractivity contribution >= 4 is 65.6 Å². The smallest absolute Gasteiger partial charge is 0.0755 e. The Labute approximate surface area is 391 Å². The largest absolute Gasteiger partial charge is 0.310 e. The summed E-state index contributed by atoms with van der Waals surface area (Å²) < 4.78 is 2.64. The zero-order chi connectivity index (χ0) is 44.2. The third kappa shape index (κ3) is 6.08. The number of benzene rings is 10. The van der Waals surface area contributed by atoms with Crippen LogP contribution in [0.2, 0.25) is 0 Å². The molecule has 13 rings (SSSR count). The van der Waals surface area contributed by atoms with Crippen LogP contribution in [-0.4, -0.2) is 0 Å². The Morgan fingerprint density at radius 2 is 0.864 bits per heavy atom. The van der Waals surface area contributed by atoms with Crippen LogP contribution in [0.1, 0.15) is 36.1 Å². The van der Waals surface area contributed by atoms with Crippen molar-refractivity contribution in [3.8, 4) is 33.4 Å². The molecule has 2 aliphatic rings. The molecule has 0 atom stereocenters. The standard InChI is InChI=1S/C61H40N2S.C2H6/c1-3-16-41(17-4-1)42-30-34-45(35-31-42)62(46-36-32-43(33-37-46)48-22-15-23-52-51-21-8-14-29-59(51)64-60(48)52)47-38-39-50-49-20-7-9-24-53(49)61(56(50)40-47)54-25-10-12-27-57(54)63(44-18-5-2-6-19-44)58-28-13-11-26-55(58)61;1-2/h1-40H;1-2H3. The van der Waals surface area contributed by atoms with Gasteiger partial charge in [-0.05, 0) is 122 Å². The highest BCUT2D eigenvalue weighted by molar-refractivity contribution is 7.26. The second-order valence-corrected chi connectivity index (χ2v) is 17.9. The molecule has 0 amide bonds. The average molecular weight is 863 g/mol. The minimum atomic E-state index is -0.559. The topological polar surface area (TPSA) is 6.48 Å². The molecule has 10 aromatic carbocycles. The third-order valence-electron chi connectivity index (χ3n) is 13.5. The Morgan fingerprint density at radius 1 is 0.364 bits per heavy atom. The molecule has 314 valence electrons. The van der Waals surface area contributed by atoms with E-state index in [0.29, 0.717) is 0 Å². The van der Waals surface area contributed by atoms with Crippen LogP contribution < -0.4 is 9.80 Å². The second kappa shape index (κ2) is 16.2. The molecule has 0 saturated heterocycles. The molecule has 0 N–H and O–H groups in total. The summed E-state index contributed by atoms with van der Waals surface area (Å²) in [6.07, 6.45) is 0. The van der Waals surface area contributed by atoms with Crippen molar-refractivity contribution in [3.05, 3.63) is 265 Å². The Hall–Kier alpha value is -7.98. The Kier molecular flexibility index (Phi) is 9.73. The van der Waals surface area contributed by atoms with Gasteiger partial charge in [0.15, 0.2) is 0 Å². The summed E-state index contributed by atoms with van der Waals surface area (Å²) in [6, 6.07) is 89.5. The SMILES string of the molecule is CC.c1ccc(-c2ccc(N(c3ccc(-c4cccc5c4sc4ccccc45)cc3)c3ccc4c(c3)C3(c5ccccc5-4)c4ccccc4N(c4ccccc4)c4ccccc43)cc2)cc1. The van der Waals surface area contributed by atoms with Gasteiger partial charge in [-0.1, -0.05) is 190 Å². The molecule has 66 heavy (non-hydrogen) atoms. The molecule has 11 aromatic rings. The van der Waals surface area contributed by atoms with E-state index in [4.69, 9.17) is 0 Å². The van der Waals surface area contributed by atoms with E-state index in [9.17, 15) is 0 Å². The van der Waals surface area contributed by atoms with E-state index < -0.39 is 5.41 Å². The van der Waals surface area contributed by atoms with Gasteiger partial charge in [-0.25, -0.2) is 0 Å². The number of anilines is 6. The summed E-state index contributed by atoms with van der Waals surface area (Å²) in [4.78, 5) is 4.88. The van der Waals surface area contributed by atoms with Crippen molar-refractivity contribution in [2.75, 3.05) is 9.80 Å². The molecule has 0 saturated carbocycles. The van der Waals surface area contributed by atoms with Crippen LogP contribution in [0.25, 0.3) is 53.6 Å². The summed E-state index contributed by atoms with van der Waals surface area (Å²) in [5.74, 6) is 0. The lowest BCUT2D eigenvalue weighted by Gasteiger charge is -2.45. The lowest BCUT2D eigenvalue weighted by atomic mass is 9.64. The molecule has 1 spiro atoms. The zero-order valence-electron chi connectivity index (χ0n) is 36.9. The van der Waals surface area contributed by atoms with Gasteiger partial charge in [0.2, 0.25) is 0 Å². The van der Waals surface area contributed by atoms with Crippen molar-refractivity contribution in [1.82, 2.24) is 0 Å². The van der Waals surface area contributed by atoms with Gasteiger partial charge in [-0.15, -0.1) is 11.3 Å². The first-order valence-electron chi connectivity index (χ1n) is 23.0. The Balaban J connectivity index is 0.00000225. The van der Waals surface area contributed by atoms with E-state index in [1.165, 1.54) is 87.2 Å². The Bertz CT molecular complexity index is 3510. The molecule has 1 aliphatic carbocycles. The average Bonchev–Trinajstić information content (AvgIpc) is 3.92. The molecule has 2 heterocycles. The minimum Gasteiger partial charge on any atom is -0.310 e. The second-order valence-electron chi connectivity index (χ2n) is 16.8.